The van der Waals surface area contributed by atoms with Gasteiger partial charge >= 0.3 is 0 Å². The van der Waals surface area contributed by atoms with Crippen LogP contribution in [-0.2, 0) is 4.79 Å². The van der Waals surface area contributed by atoms with E-state index in [4.69, 9.17) is 11.6 Å². The lowest BCUT2D eigenvalue weighted by atomic mass is 10.2. The Bertz CT molecular complexity index is 874. The number of nitrogens with zero attached hydrogens (tertiary/aromatic N) is 3. The summed E-state index contributed by atoms with van der Waals surface area (Å²) in [6.45, 7) is 7.43. The number of carbonyl (C=O) groups excluding carboxylic acids is 1. The van der Waals surface area contributed by atoms with E-state index in [0.717, 1.165) is 42.5 Å². The molecule has 1 aromatic carbocycles. The van der Waals surface area contributed by atoms with Crippen molar-refractivity contribution in [2.45, 2.75) is 32.7 Å². The zero-order chi connectivity index (χ0) is 19.0. The average Bonchev–Trinajstić information content (AvgIpc) is 3.45. The Balaban J connectivity index is 1.37. The van der Waals surface area contributed by atoms with Crippen molar-refractivity contribution < 1.29 is 4.79 Å². The molecule has 1 aromatic heterocycles. The number of hydrogen-bond donors (Lipinski definition) is 0. The highest BCUT2D eigenvalue weighted by molar-refractivity contribution is 6.30. The van der Waals surface area contributed by atoms with Crippen LogP contribution in [0.15, 0.2) is 36.4 Å². The first kappa shape index (κ1) is 18.2. The summed E-state index contributed by atoms with van der Waals surface area (Å²) in [5.41, 5.74) is 4.84. The van der Waals surface area contributed by atoms with Gasteiger partial charge in [-0.3, -0.25) is 4.79 Å². The molecule has 2 aromatic rings. The number of benzene rings is 1. The molecule has 1 saturated heterocycles. The number of amides is 1. The van der Waals surface area contributed by atoms with E-state index in [2.05, 4.69) is 35.4 Å². The summed E-state index contributed by atoms with van der Waals surface area (Å²) in [6, 6.07) is 10.8. The molecule has 142 valence electrons. The van der Waals surface area contributed by atoms with Gasteiger partial charge in [0.15, 0.2) is 0 Å². The Hall–Kier alpha value is -2.20. The second-order valence-corrected chi connectivity index (χ2v) is 7.99. The highest BCUT2D eigenvalue weighted by atomic mass is 35.5. The molecule has 2 fully saturated rings. The molecule has 0 unspecified atom stereocenters. The number of rotatable bonds is 4. The smallest absolute Gasteiger partial charge is 0.246 e. The molecule has 1 aliphatic heterocycles. The summed E-state index contributed by atoms with van der Waals surface area (Å²) in [4.78, 5) is 16.8. The predicted octanol–water partition coefficient (Wildman–Crippen LogP) is 4.46. The van der Waals surface area contributed by atoms with E-state index in [1.54, 1.807) is 6.08 Å². The van der Waals surface area contributed by atoms with Crippen LogP contribution in [-0.4, -0.2) is 41.6 Å². The minimum absolute atomic E-state index is 0.0944. The quantitative estimate of drug-likeness (QED) is 0.729. The summed E-state index contributed by atoms with van der Waals surface area (Å²) >= 11 is 6.09. The maximum Gasteiger partial charge on any atom is 0.246 e. The maximum absolute atomic E-state index is 12.6. The van der Waals surface area contributed by atoms with Gasteiger partial charge in [0.1, 0.15) is 0 Å². The van der Waals surface area contributed by atoms with Gasteiger partial charge in [-0.15, -0.1) is 0 Å². The van der Waals surface area contributed by atoms with Crippen LogP contribution in [0.4, 0.5) is 5.69 Å². The zero-order valence-electron chi connectivity index (χ0n) is 16.0. The third-order valence-corrected chi connectivity index (χ3v) is 5.84. The van der Waals surface area contributed by atoms with Gasteiger partial charge in [-0.05, 0) is 62.6 Å². The Morgan fingerprint density at radius 1 is 1.11 bits per heavy atom. The highest BCUT2D eigenvalue weighted by Crippen LogP contribution is 2.38. The van der Waals surface area contributed by atoms with E-state index in [1.165, 1.54) is 24.2 Å². The summed E-state index contributed by atoms with van der Waals surface area (Å²) in [5.74, 6) is 0.0944. The van der Waals surface area contributed by atoms with Gasteiger partial charge in [-0.1, -0.05) is 17.7 Å². The molecular formula is C22H26ClN3O. The number of piperazine rings is 1. The molecule has 0 radical (unpaired) electrons. The van der Waals surface area contributed by atoms with Gasteiger partial charge in [0.2, 0.25) is 5.91 Å². The molecule has 0 bridgehead atoms. The van der Waals surface area contributed by atoms with Crippen molar-refractivity contribution in [1.29, 1.82) is 0 Å². The van der Waals surface area contributed by atoms with Gasteiger partial charge in [0.25, 0.3) is 0 Å². The number of anilines is 1. The molecule has 0 spiro atoms. The molecule has 0 atom stereocenters. The van der Waals surface area contributed by atoms with Crippen molar-refractivity contribution >= 4 is 29.3 Å². The first-order chi connectivity index (χ1) is 13.0. The largest absolute Gasteiger partial charge is 0.368 e. The molecule has 1 aliphatic carbocycles. The number of aromatic nitrogens is 1. The summed E-state index contributed by atoms with van der Waals surface area (Å²) < 4.78 is 2.41. The third kappa shape index (κ3) is 3.91. The maximum atomic E-state index is 12.6. The van der Waals surface area contributed by atoms with Crippen LogP contribution in [0, 0.1) is 13.8 Å². The number of halogens is 1. The number of carbonyl (C=O) groups is 1. The average molecular weight is 384 g/mol. The predicted molar refractivity (Wildman–Crippen MR) is 111 cm³/mol. The Labute approximate surface area is 166 Å². The Morgan fingerprint density at radius 2 is 1.85 bits per heavy atom. The van der Waals surface area contributed by atoms with Gasteiger partial charge < -0.3 is 14.4 Å². The van der Waals surface area contributed by atoms with Crippen LogP contribution in [0.5, 0.6) is 0 Å². The van der Waals surface area contributed by atoms with Crippen LogP contribution in [0.3, 0.4) is 0 Å². The lowest BCUT2D eigenvalue weighted by Crippen LogP contribution is -2.48. The van der Waals surface area contributed by atoms with Crippen LogP contribution in [0.25, 0.3) is 6.08 Å². The molecule has 27 heavy (non-hydrogen) atoms. The van der Waals surface area contributed by atoms with E-state index in [1.807, 2.05) is 29.2 Å². The van der Waals surface area contributed by atoms with Crippen molar-refractivity contribution in [1.82, 2.24) is 9.47 Å². The SMILES string of the molecule is Cc1cc(/C=C/C(=O)N2CCN(c3cccc(Cl)c3)CC2)c(C)n1C1CC1. The monoisotopic (exact) mass is 383 g/mol. The van der Waals surface area contributed by atoms with Gasteiger partial charge in [-0.25, -0.2) is 0 Å². The summed E-state index contributed by atoms with van der Waals surface area (Å²) in [7, 11) is 0. The topological polar surface area (TPSA) is 28.5 Å². The molecule has 4 nitrogen and oxygen atoms in total. The Kier molecular flexibility index (Phi) is 5.00. The van der Waals surface area contributed by atoms with Gasteiger partial charge in [-0.2, -0.15) is 0 Å². The molecule has 2 heterocycles. The second kappa shape index (κ2) is 7.43. The minimum atomic E-state index is 0.0944. The lowest BCUT2D eigenvalue weighted by molar-refractivity contribution is -0.126. The van der Waals surface area contributed by atoms with E-state index in [0.29, 0.717) is 6.04 Å². The molecule has 1 saturated carbocycles. The second-order valence-electron chi connectivity index (χ2n) is 7.55. The zero-order valence-corrected chi connectivity index (χ0v) is 16.7. The highest BCUT2D eigenvalue weighted by Gasteiger charge is 2.26. The summed E-state index contributed by atoms with van der Waals surface area (Å²) in [5, 5.41) is 0.748. The first-order valence-electron chi connectivity index (χ1n) is 9.69. The normalized spacial score (nSPS) is 17.7. The van der Waals surface area contributed by atoms with Crippen molar-refractivity contribution in [3.8, 4) is 0 Å². The van der Waals surface area contributed by atoms with E-state index >= 15 is 0 Å². The fourth-order valence-corrected chi connectivity index (χ4v) is 4.17. The molecule has 4 rings (SSSR count). The number of hydrogen-bond acceptors (Lipinski definition) is 2. The summed E-state index contributed by atoms with van der Waals surface area (Å²) in [6.07, 6.45) is 6.26. The number of aryl methyl sites for hydroxylation is 1. The fourth-order valence-electron chi connectivity index (χ4n) is 3.99. The first-order valence-corrected chi connectivity index (χ1v) is 10.1. The van der Waals surface area contributed by atoms with E-state index < -0.39 is 0 Å². The molecule has 2 aliphatic rings. The van der Waals surface area contributed by atoms with Crippen molar-refractivity contribution in [2.24, 2.45) is 0 Å². The van der Waals surface area contributed by atoms with Crippen LogP contribution in [0.2, 0.25) is 5.02 Å². The molecular weight excluding hydrogens is 358 g/mol. The van der Waals surface area contributed by atoms with E-state index in [9.17, 15) is 4.79 Å². The van der Waals surface area contributed by atoms with Crippen LogP contribution < -0.4 is 4.90 Å². The minimum Gasteiger partial charge on any atom is -0.368 e. The van der Waals surface area contributed by atoms with E-state index in [-0.39, 0.29) is 5.91 Å². The van der Waals surface area contributed by atoms with Crippen molar-refractivity contribution in [2.75, 3.05) is 31.1 Å². The van der Waals surface area contributed by atoms with Crippen LogP contribution in [0.1, 0.15) is 35.8 Å². The van der Waals surface area contributed by atoms with Gasteiger partial charge in [0.05, 0.1) is 0 Å². The standard InChI is InChI=1S/C22H26ClN3O/c1-16-14-18(17(2)26(16)20-7-8-20)6-9-22(27)25-12-10-24(11-13-25)21-5-3-4-19(23)15-21/h3-6,9,14-15,20H,7-8,10-13H2,1-2H3/b9-6+. The van der Waals surface area contributed by atoms with Crippen LogP contribution >= 0.6 is 11.6 Å². The lowest BCUT2D eigenvalue weighted by Gasteiger charge is -2.35. The molecule has 5 heteroatoms. The fraction of sp³-hybridized carbons (Fsp3) is 0.409. The molecule has 1 amide bonds. The van der Waals surface area contributed by atoms with Gasteiger partial charge in [0, 0.05) is 60.4 Å². The van der Waals surface area contributed by atoms with Crippen molar-refractivity contribution in [3.63, 3.8) is 0 Å². The van der Waals surface area contributed by atoms with Crippen molar-refractivity contribution in [3.05, 3.63) is 58.4 Å². The molecule has 0 N–H and O–H groups in total. The Morgan fingerprint density at radius 3 is 2.52 bits per heavy atom. The third-order valence-electron chi connectivity index (χ3n) is 5.61.